The molecule has 2 aromatic rings. The van der Waals surface area contributed by atoms with Crippen molar-refractivity contribution < 1.29 is 0 Å². The molecular weight excluding hydrogens is 250 g/mol. The normalized spacial score (nSPS) is 12.6. The highest BCUT2D eigenvalue weighted by Gasteiger charge is 2.18. The lowest BCUT2D eigenvalue weighted by Crippen LogP contribution is -2.18. The van der Waals surface area contributed by atoms with Gasteiger partial charge in [0.05, 0.1) is 6.04 Å². The molecule has 0 radical (unpaired) electrons. The highest BCUT2D eigenvalue weighted by Crippen LogP contribution is 2.33. The SMILES string of the molecule is CCc1ccsc1C(NC)c1ccccc1Cl. The van der Waals surface area contributed by atoms with Gasteiger partial charge in [-0.05, 0) is 42.1 Å². The van der Waals surface area contributed by atoms with Crippen molar-refractivity contribution in [2.75, 3.05) is 7.05 Å². The summed E-state index contributed by atoms with van der Waals surface area (Å²) in [6, 6.07) is 10.4. The summed E-state index contributed by atoms with van der Waals surface area (Å²) in [7, 11) is 1.98. The average molecular weight is 266 g/mol. The van der Waals surface area contributed by atoms with Crippen LogP contribution in [0.3, 0.4) is 0 Å². The highest BCUT2D eigenvalue weighted by molar-refractivity contribution is 7.10. The minimum absolute atomic E-state index is 0.193. The molecule has 0 fully saturated rings. The number of nitrogens with one attached hydrogen (secondary N) is 1. The Bertz CT molecular complexity index is 492. The van der Waals surface area contributed by atoms with Crippen molar-refractivity contribution in [2.24, 2.45) is 0 Å². The molecule has 0 saturated carbocycles. The van der Waals surface area contributed by atoms with Gasteiger partial charge in [-0.3, -0.25) is 0 Å². The van der Waals surface area contributed by atoms with Gasteiger partial charge in [0.15, 0.2) is 0 Å². The van der Waals surface area contributed by atoms with E-state index in [0.717, 1.165) is 17.0 Å². The molecule has 1 heterocycles. The maximum atomic E-state index is 6.27. The van der Waals surface area contributed by atoms with Crippen LogP contribution in [0.4, 0.5) is 0 Å². The van der Waals surface area contributed by atoms with Crippen molar-refractivity contribution in [2.45, 2.75) is 19.4 Å². The number of aryl methyl sites for hydroxylation is 1. The first kappa shape index (κ1) is 12.6. The molecule has 0 aliphatic rings. The molecule has 0 saturated heterocycles. The van der Waals surface area contributed by atoms with E-state index in [1.807, 2.05) is 25.2 Å². The van der Waals surface area contributed by atoms with Crippen LogP contribution in [0, 0.1) is 0 Å². The molecular formula is C14H16ClNS. The summed E-state index contributed by atoms with van der Waals surface area (Å²) in [6.07, 6.45) is 1.06. The Morgan fingerprint density at radius 2 is 2.06 bits per heavy atom. The number of thiophene rings is 1. The Morgan fingerprint density at radius 1 is 1.29 bits per heavy atom. The molecule has 0 spiro atoms. The number of benzene rings is 1. The van der Waals surface area contributed by atoms with Crippen molar-refractivity contribution >= 4 is 22.9 Å². The van der Waals surface area contributed by atoms with Gasteiger partial charge in [0.2, 0.25) is 0 Å². The molecule has 1 atom stereocenters. The van der Waals surface area contributed by atoms with Gasteiger partial charge < -0.3 is 5.32 Å². The largest absolute Gasteiger partial charge is 0.309 e. The zero-order valence-corrected chi connectivity index (χ0v) is 11.6. The van der Waals surface area contributed by atoms with Gasteiger partial charge in [-0.2, -0.15) is 0 Å². The van der Waals surface area contributed by atoms with Crippen LogP contribution in [-0.4, -0.2) is 7.05 Å². The minimum Gasteiger partial charge on any atom is -0.309 e. The lowest BCUT2D eigenvalue weighted by molar-refractivity contribution is 0.697. The third-order valence-electron chi connectivity index (χ3n) is 2.93. The topological polar surface area (TPSA) is 12.0 Å². The smallest absolute Gasteiger partial charge is 0.0685 e. The van der Waals surface area contributed by atoms with Crippen LogP contribution in [0.15, 0.2) is 35.7 Å². The van der Waals surface area contributed by atoms with Crippen LogP contribution in [-0.2, 0) is 6.42 Å². The van der Waals surface area contributed by atoms with Crippen molar-refractivity contribution in [1.29, 1.82) is 0 Å². The van der Waals surface area contributed by atoms with Crippen LogP contribution in [0.5, 0.6) is 0 Å². The second kappa shape index (κ2) is 5.67. The van der Waals surface area contributed by atoms with Crippen molar-refractivity contribution in [3.63, 3.8) is 0 Å². The first-order valence-corrected chi connectivity index (χ1v) is 7.01. The Kier molecular flexibility index (Phi) is 4.21. The Balaban J connectivity index is 2.44. The second-order valence-electron chi connectivity index (χ2n) is 3.91. The summed E-state index contributed by atoms with van der Waals surface area (Å²) in [5.41, 5.74) is 2.54. The molecule has 0 bridgehead atoms. The third kappa shape index (κ3) is 2.54. The summed E-state index contributed by atoms with van der Waals surface area (Å²) in [4.78, 5) is 1.36. The molecule has 0 amide bonds. The maximum absolute atomic E-state index is 6.27. The lowest BCUT2D eigenvalue weighted by atomic mass is 10.0. The van der Waals surface area contributed by atoms with Crippen molar-refractivity contribution in [3.8, 4) is 0 Å². The summed E-state index contributed by atoms with van der Waals surface area (Å²) >= 11 is 8.06. The molecule has 2 rings (SSSR count). The number of hydrogen-bond acceptors (Lipinski definition) is 2. The molecule has 1 aromatic carbocycles. The Labute approximate surface area is 111 Å². The van der Waals surface area contributed by atoms with Gasteiger partial charge in [-0.1, -0.05) is 36.7 Å². The van der Waals surface area contributed by atoms with Gasteiger partial charge in [-0.25, -0.2) is 0 Å². The van der Waals surface area contributed by atoms with E-state index in [1.54, 1.807) is 11.3 Å². The van der Waals surface area contributed by atoms with Crippen molar-refractivity contribution in [3.05, 3.63) is 56.7 Å². The number of hydrogen-bond donors (Lipinski definition) is 1. The van der Waals surface area contributed by atoms with Gasteiger partial charge in [-0.15, -0.1) is 11.3 Å². The van der Waals surface area contributed by atoms with Crippen LogP contribution in [0.2, 0.25) is 5.02 Å². The molecule has 1 N–H and O–H groups in total. The summed E-state index contributed by atoms with van der Waals surface area (Å²) in [5.74, 6) is 0. The molecule has 1 aromatic heterocycles. The summed E-state index contributed by atoms with van der Waals surface area (Å²) < 4.78 is 0. The zero-order valence-electron chi connectivity index (χ0n) is 10.0. The summed E-state index contributed by atoms with van der Waals surface area (Å²) in [6.45, 7) is 2.19. The van der Waals surface area contributed by atoms with E-state index >= 15 is 0 Å². The van der Waals surface area contributed by atoms with Gasteiger partial charge >= 0.3 is 0 Å². The monoisotopic (exact) mass is 265 g/mol. The van der Waals surface area contributed by atoms with E-state index < -0.39 is 0 Å². The predicted molar refractivity (Wildman–Crippen MR) is 76.1 cm³/mol. The van der Waals surface area contributed by atoms with E-state index in [2.05, 4.69) is 29.8 Å². The van der Waals surface area contributed by atoms with Crippen LogP contribution >= 0.6 is 22.9 Å². The standard InChI is InChI=1S/C14H16ClNS/c1-3-10-8-9-17-14(10)13(16-2)11-6-4-5-7-12(11)15/h4-9,13,16H,3H2,1-2H3. The third-order valence-corrected chi connectivity index (χ3v) is 4.30. The van der Waals surface area contributed by atoms with E-state index in [4.69, 9.17) is 11.6 Å². The van der Waals surface area contributed by atoms with Gasteiger partial charge in [0, 0.05) is 9.90 Å². The lowest BCUT2D eigenvalue weighted by Gasteiger charge is -2.18. The zero-order chi connectivity index (χ0) is 12.3. The number of halogens is 1. The molecule has 1 nitrogen and oxygen atoms in total. The first-order chi connectivity index (χ1) is 8.27. The fraction of sp³-hybridized carbons (Fsp3) is 0.286. The quantitative estimate of drug-likeness (QED) is 0.870. The Morgan fingerprint density at radius 3 is 2.71 bits per heavy atom. The van der Waals surface area contributed by atoms with Gasteiger partial charge in [0.1, 0.15) is 0 Å². The van der Waals surface area contributed by atoms with E-state index in [9.17, 15) is 0 Å². The molecule has 90 valence electrons. The summed E-state index contributed by atoms with van der Waals surface area (Å²) in [5, 5.41) is 6.33. The van der Waals surface area contributed by atoms with E-state index in [0.29, 0.717) is 0 Å². The van der Waals surface area contributed by atoms with Crippen LogP contribution < -0.4 is 5.32 Å². The molecule has 17 heavy (non-hydrogen) atoms. The predicted octanol–water partition coefficient (Wildman–Crippen LogP) is 4.27. The molecule has 1 unspecified atom stereocenters. The van der Waals surface area contributed by atoms with E-state index in [-0.39, 0.29) is 6.04 Å². The maximum Gasteiger partial charge on any atom is 0.0685 e. The molecule has 0 aliphatic heterocycles. The first-order valence-electron chi connectivity index (χ1n) is 5.75. The fourth-order valence-electron chi connectivity index (χ4n) is 2.03. The van der Waals surface area contributed by atoms with Gasteiger partial charge in [0.25, 0.3) is 0 Å². The van der Waals surface area contributed by atoms with E-state index in [1.165, 1.54) is 10.4 Å². The highest BCUT2D eigenvalue weighted by atomic mass is 35.5. The number of rotatable bonds is 4. The Hall–Kier alpha value is -0.830. The molecule has 3 heteroatoms. The van der Waals surface area contributed by atoms with Crippen molar-refractivity contribution in [1.82, 2.24) is 5.32 Å². The minimum atomic E-state index is 0.193. The van der Waals surface area contributed by atoms with Crippen LogP contribution in [0.1, 0.15) is 29.0 Å². The molecule has 0 aliphatic carbocycles. The van der Waals surface area contributed by atoms with Crippen LogP contribution in [0.25, 0.3) is 0 Å². The second-order valence-corrected chi connectivity index (χ2v) is 5.26. The fourth-order valence-corrected chi connectivity index (χ4v) is 3.40. The average Bonchev–Trinajstić information content (AvgIpc) is 2.81.